The van der Waals surface area contributed by atoms with E-state index >= 15 is 0 Å². The van der Waals surface area contributed by atoms with E-state index in [1.807, 2.05) is 18.5 Å². The number of pyridine rings is 1. The van der Waals surface area contributed by atoms with E-state index in [2.05, 4.69) is 48.4 Å². The highest BCUT2D eigenvalue weighted by atomic mass is 16.5. The second-order valence-electron chi connectivity index (χ2n) is 5.61. The van der Waals surface area contributed by atoms with Crippen molar-refractivity contribution in [2.24, 2.45) is 0 Å². The van der Waals surface area contributed by atoms with Crippen molar-refractivity contribution in [2.45, 2.75) is 32.2 Å². The summed E-state index contributed by atoms with van der Waals surface area (Å²) in [7, 11) is 0. The number of nitrogens with zero attached hydrogens (tertiary/aromatic N) is 1. The summed E-state index contributed by atoms with van der Waals surface area (Å²) in [6.45, 7) is 5.97. The topological polar surface area (TPSA) is 34.2 Å². The lowest BCUT2D eigenvalue weighted by Crippen LogP contribution is -2.30. The summed E-state index contributed by atoms with van der Waals surface area (Å²) in [5.74, 6) is 1.45. The maximum atomic E-state index is 5.80. The number of rotatable bonds is 4. The molecule has 0 fully saturated rings. The predicted molar refractivity (Wildman–Crippen MR) is 84.7 cm³/mol. The van der Waals surface area contributed by atoms with Crippen LogP contribution in [0.2, 0.25) is 0 Å². The summed E-state index contributed by atoms with van der Waals surface area (Å²) >= 11 is 0. The van der Waals surface area contributed by atoms with Gasteiger partial charge in [0.25, 0.3) is 0 Å². The molecule has 1 aliphatic heterocycles. The van der Waals surface area contributed by atoms with Crippen LogP contribution in [0.15, 0.2) is 42.7 Å². The van der Waals surface area contributed by atoms with Gasteiger partial charge in [0.15, 0.2) is 0 Å². The molecule has 1 aromatic heterocycles. The molecule has 2 aromatic rings. The molecule has 3 nitrogen and oxygen atoms in total. The number of aryl methyl sites for hydroxylation is 1. The van der Waals surface area contributed by atoms with E-state index in [1.54, 1.807) is 0 Å². The molecule has 0 radical (unpaired) electrons. The minimum Gasteiger partial charge on any atom is -0.493 e. The summed E-state index contributed by atoms with van der Waals surface area (Å²) in [6.07, 6.45) is 4.92. The third-order valence-electron chi connectivity index (χ3n) is 4.09. The molecular weight excluding hydrogens is 260 g/mol. The third-order valence-corrected chi connectivity index (χ3v) is 4.09. The fourth-order valence-electron chi connectivity index (χ4n) is 3.18. The number of ether oxygens (including phenoxy) is 1. The molecular formula is C18H22N2O. The SMILES string of the molecule is CCNC(c1cncc(C)c1)C1CCOc2ccccc21. The number of fused-ring (bicyclic) bond motifs is 1. The lowest BCUT2D eigenvalue weighted by atomic mass is 9.83. The second kappa shape index (κ2) is 6.27. The van der Waals surface area contributed by atoms with E-state index in [-0.39, 0.29) is 6.04 Å². The quantitative estimate of drug-likeness (QED) is 0.930. The highest BCUT2D eigenvalue weighted by Crippen LogP contribution is 2.41. The number of aromatic nitrogens is 1. The van der Waals surface area contributed by atoms with Gasteiger partial charge in [-0.25, -0.2) is 0 Å². The minimum atomic E-state index is 0.285. The Bertz CT molecular complexity index is 612. The summed E-state index contributed by atoms with van der Waals surface area (Å²) in [5.41, 5.74) is 3.77. The molecule has 0 bridgehead atoms. The first-order valence-corrected chi connectivity index (χ1v) is 7.66. The van der Waals surface area contributed by atoms with Gasteiger partial charge >= 0.3 is 0 Å². The molecule has 0 aliphatic carbocycles. The summed E-state index contributed by atoms with van der Waals surface area (Å²) < 4.78 is 5.80. The molecule has 0 spiro atoms. The minimum absolute atomic E-state index is 0.285. The van der Waals surface area contributed by atoms with Crippen LogP contribution in [0.25, 0.3) is 0 Å². The Hall–Kier alpha value is -1.87. The molecule has 21 heavy (non-hydrogen) atoms. The Kier molecular flexibility index (Phi) is 4.20. The fourth-order valence-corrected chi connectivity index (χ4v) is 3.18. The molecule has 110 valence electrons. The lowest BCUT2D eigenvalue weighted by Gasteiger charge is -2.33. The molecule has 1 N–H and O–H groups in total. The molecule has 3 rings (SSSR count). The summed E-state index contributed by atoms with van der Waals surface area (Å²) in [5, 5.41) is 3.64. The van der Waals surface area contributed by atoms with E-state index in [4.69, 9.17) is 4.74 Å². The van der Waals surface area contributed by atoms with Crippen molar-refractivity contribution in [1.82, 2.24) is 10.3 Å². The van der Waals surface area contributed by atoms with Gasteiger partial charge in [-0.2, -0.15) is 0 Å². The standard InChI is InChI=1S/C18H22N2O/c1-3-20-18(14-10-13(2)11-19-12-14)16-8-9-21-17-7-5-4-6-15(16)17/h4-7,10-12,16,18,20H,3,8-9H2,1-2H3. The van der Waals surface area contributed by atoms with Crippen LogP contribution in [0.1, 0.15) is 42.0 Å². The lowest BCUT2D eigenvalue weighted by molar-refractivity contribution is 0.246. The number of benzene rings is 1. The molecule has 2 atom stereocenters. The van der Waals surface area contributed by atoms with Gasteiger partial charge in [-0.1, -0.05) is 31.2 Å². The maximum absolute atomic E-state index is 5.80. The highest BCUT2D eigenvalue weighted by molar-refractivity contribution is 5.40. The Labute approximate surface area is 126 Å². The summed E-state index contributed by atoms with van der Waals surface area (Å²) in [4.78, 5) is 4.37. The van der Waals surface area contributed by atoms with E-state index < -0.39 is 0 Å². The normalized spacial score (nSPS) is 18.7. The van der Waals surface area contributed by atoms with Crippen LogP contribution >= 0.6 is 0 Å². The van der Waals surface area contributed by atoms with Gasteiger partial charge in [0.1, 0.15) is 5.75 Å². The van der Waals surface area contributed by atoms with Gasteiger partial charge in [-0.05, 0) is 42.6 Å². The largest absolute Gasteiger partial charge is 0.493 e. The first-order chi connectivity index (χ1) is 10.3. The van der Waals surface area contributed by atoms with Crippen molar-refractivity contribution in [3.05, 3.63) is 59.4 Å². The number of hydrogen-bond donors (Lipinski definition) is 1. The smallest absolute Gasteiger partial charge is 0.122 e. The average Bonchev–Trinajstić information content (AvgIpc) is 2.52. The van der Waals surface area contributed by atoms with Gasteiger partial charge in [0, 0.05) is 24.4 Å². The first-order valence-electron chi connectivity index (χ1n) is 7.66. The van der Waals surface area contributed by atoms with Crippen LogP contribution in [0, 0.1) is 6.92 Å². The van der Waals surface area contributed by atoms with Crippen LogP contribution < -0.4 is 10.1 Å². The summed E-state index contributed by atoms with van der Waals surface area (Å²) in [6, 6.07) is 10.9. The number of nitrogens with one attached hydrogen (secondary N) is 1. The number of para-hydroxylation sites is 1. The predicted octanol–water partition coefficient (Wildman–Crippen LogP) is 3.61. The van der Waals surface area contributed by atoms with E-state index in [0.29, 0.717) is 5.92 Å². The highest BCUT2D eigenvalue weighted by Gasteiger charge is 2.29. The fraction of sp³-hybridized carbons (Fsp3) is 0.389. The Balaban J connectivity index is 1.99. The van der Waals surface area contributed by atoms with Gasteiger partial charge < -0.3 is 10.1 Å². The second-order valence-corrected chi connectivity index (χ2v) is 5.61. The Morgan fingerprint density at radius 2 is 2.19 bits per heavy atom. The Morgan fingerprint density at radius 1 is 1.33 bits per heavy atom. The molecule has 2 unspecified atom stereocenters. The van der Waals surface area contributed by atoms with Crippen molar-refractivity contribution < 1.29 is 4.74 Å². The van der Waals surface area contributed by atoms with E-state index in [9.17, 15) is 0 Å². The van der Waals surface area contributed by atoms with Crippen LogP contribution in [-0.4, -0.2) is 18.1 Å². The molecule has 3 heteroatoms. The van der Waals surface area contributed by atoms with Gasteiger partial charge in [-0.3, -0.25) is 4.98 Å². The van der Waals surface area contributed by atoms with Crippen LogP contribution in [-0.2, 0) is 0 Å². The third kappa shape index (κ3) is 2.93. The van der Waals surface area contributed by atoms with Gasteiger partial charge in [-0.15, -0.1) is 0 Å². The molecule has 1 aromatic carbocycles. The van der Waals surface area contributed by atoms with Crippen LogP contribution in [0.5, 0.6) is 5.75 Å². The average molecular weight is 282 g/mol. The van der Waals surface area contributed by atoms with E-state index in [1.165, 1.54) is 16.7 Å². The number of hydrogen-bond acceptors (Lipinski definition) is 3. The monoisotopic (exact) mass is 282 g/mol. The zero-order chi connectivity index (χ0) is 14.7. The van der Waals surface area contributed by atoms with Crippen molar-refractivity contribution in [3.8, 4) is 5.75 Å². The van der Waals surface area contributed by atoms with Crippen molar-refractivity contribution >= 4 is 0 Å². The first kappa shape index (κ1) is 14.1. The molecule has 2 heterocycles. The van der Waals surface area contributed by atoms with Crippen LogP contribution in [0.4, 0.5) is 0 Å². The maximum Gasteiger partial charge on any atom is 0.122 e. The molecule has 1 aliphatic rings. The number of likely N-dealkylation sites (N-methyl/N-ethyl adjacent to an activating group) is 1. The Morgan fingerprint density at radius 3 is 3.00 bits per heavy atom. The zero-order valence-electron chi connectivity index (χ0n) is 12.7. The molecule has 0 saturated heterocycles. The zero-order valence-corrected chi connectivity index (χ0v) is 12.7. The van der Waals surface area contributed by atoms with Crippen molar-refractivity contribution in [1.29, 1.82) is 0 Å². The van der Waals surface area contributed by atoms with Crippen molar-refractivity contribution in [2.75, 3.05) is 13.2 Å². The van der Waals surface area contributed by atoms with Crippen LogP contribution in [0.3, 0.4) is 0 Å². The van der Waals surface area contributed by atoms with Gasteiger partial charge in [0.05, 0.1) is 6.61 Å². The molecule has 0 amide bonds. The van der Waals surface area contributed by atoms with Gasteiger partial charge in [0.2, 0.25) is 0 Å². The van der Waals surface area contributed by atoms with Crippen molar-refractivity contribution in [3.63, 3.8) is 0 Å². The molecule has 0 saturated carbocycles. The van der Waals surface area contributed by atoms with E-state index in [0.717, 1.165) is 25.3 Å².